The van der Waals surface area contributed by atoms with Gasteiger partial charge in [-0.25, -0.2) is 4.98 Å². The summed E-state index contributed by atoms with van der Waals surface area (Å²) in [6, 6.07) is 0. The van der Waals surface area contributed by atoms with Gasteiger partial charge in [-0.1, -0.05) is 6.42 Å². The molecule has 0 saturated heterocycles. The summed E-state index contributed by atoms with van der Waals surface area (Å²) < 4.78 is 16.1. The molecule has 8 heteroatoms. The van der Waals surface area contributed by atoms with Crippen LogP contribution in [0, 0.1) is 5.92 Å². The Hall–Kier alpha value is -1.93. The molecule has 1 aliphatic rings. The lowest BCUT2D eigenvalue weighted by Gasteiger charge is -2.31. The fraction of sp³-hybridized carbons (Fsp3) is 0.750. The summed E-state index contributed by atoms with van der Waals surface area (Å²) in [7, 11) is 0. The zero-order chi connectivity index (χ0) is 20.2. The Morgan fingerprint density at radius 3 is 2.57 bits per heavy atom. The SMILES string of the molecule is CCOCCCNC(=O)c1coc(CN(CCCOCC)C(=O)C2CCC2)n1. The van der Waals surface area contributed by atoms with Gasteiger partial charge in [0.25, 0.3) is 5.91 Å². The largest absolute Gasteiger partial charge is 0.446 e. The van der Waals surface area contributed by atoms with Gasteiger partial charge in [0, 0.05) is 45.4 Å². The summed E-state index contributed by atoms with van der Waals surface area (Å²) in [5, 5.41) is 2.79. The average molecular weight is 396 g/mol. The third kappa shape index (κ3) is 7.24. The van der Waals surface area contributed by atoms with Gasteiger partial charge in [-0.05, 0) is 39.5 Å². The highest BCUT2D eigenvalue weighted by Gasteiger charge is 2.30. The number of oxazole rings is 1. The van der Waals surface area contributed by atoms with Gasteiger partial charge in [0.15, 0.2) is 5.69 Å². The summed E-state index contributed by atoms with van der Waals surface area (Å²) in [5.74, 6) is 0.348. The van der Waals surface area contributed by atoms with E-state index in [-0.39, 0.29) is 30.0 Å². The summed E-state index contributed by atoms with van der Waals surface area (Å²) >= 11 is 0. The van der Waals surface area contributed by atoms with Crippen molar-refractivity contribution in [1.82, 2.24) is 15.2 Å². The van der Waals surface area contributed by atoms with E-state index in [0.717, 1.165) is 32.1 Å². The predicted molar refractivity (Wildman–Crippen MR) is 104 cm³/mol. The smallest absolute Gasteiger partial charge is 0.273 e. The molecular weight excluding hydrogens is 362 g/mol. The highest BCUT2D eigenvalue weighted by atomic mass is 16.5. The van der Waals surface area contributed by atoms with Crippen LogP contribution in [-0.4, -0.2) is 61.2 Å². The van der Waals surface area contributed by atoms with Crippen LogP contribution < -0.4 is 5.32 Å². The Labute approximate surface area is 167 Å². The lowest BCUT2D eigenvalue weighted by molar-refractivity contribution is -0.139. The molecule has 28 heavy (non-hydrogen) atoms. The Bertz CT molecular complexity index is 600. The Morgan fingerprint density at radius 1 is 1.21 bits per heavy atom. The van der Waals surface area contributed by atoms with Crippen molar-refractivity contribution < 1.29 is 23.5 Å². The molecule has 1 aromatic heterocycles. The number of ether oxygens (including phenoxy) is 2. The molecule has 0 spiro atoms. The first-order chi connectivity index (χ1) is 13.7. The first kappa shape index (κ1) is 22.4. The van der Waals surface area contributed by atoms with E-state index in [1.165, 1.54) is 6.26 Å². The summed E-state index contributed by atoms with van der Waals surface area (Å²) in [4.78, 5) is 30.9. The first-order valence-electron chi connectivity index (χ1n) is 10.3. The third-order valence-corrected chi connectivity index (χ3v) is 4.75. The predicted octanol–water partition coefficient (Wildman–Crippen LogP) is 2.39. The van der Waals surface area contributed by atoms with E-state index in [4.69, 9.17) is 13.9 Å². The molecule has 0 radical (unpaired) electrons. The highest BCUT2D eigenvalue weighted by Crippen LogP contribution is 2.28. The number of rotatable bonds is 14. The quantitative estimate of drug-likeness (QED) is 0.486. The Kier molecular flexibility index (Phi) is 9.99. The van der Waals surface area contributed by atoms with Crippen molar-refractivity contribution in [2.45, 2.75) is 52.5 Å². The molecule has 8 nitrogen and oxygen atoms in total. The molecular formula is C20H33N3O5. The van der Waals surface area contributed by atoms with E-state index < -0.39 is 0 Å². The molecule has 2 rings (SSSR count). The zero-order valence-electron chi connectivity index (χ0n) is 17.1. The van der Waals surface area contributed by atoms with E-state index in [1.807, 2.05) is 13.8 Å². The minimum atomic E-state index is -0.278. The van der Waals surface area contributed by atoms with Crippen molar-refractivity contribution in [2.75, 3.05) is 39.5 Å². The van der Waals surface area contributed by atoms with Crippen LogP contribution in [-0.2, 0) is 20.8 Å². The second kappa shape index (κ2) is 12.5. The van der Waals surface area contributed by atoms with Crippen molar-refractivity contribution in [3.8, 4) is 0 Å². The van der Waals surface area contributed by atoms with Gasteiger partial charge in [0.2, 0.25) is 11.8 Å². The van der Waals surface area contributed by atoms with Crippen LogP contribution >= 0.6 is 0 Å². The number of hydrogen-bond donors (Lipinski definition) is 1. The van der Waals surface area contributed by atoms with E-state index in [0.29, 0.717) is 45.4 Å². The molecule has 0 aliphatic heterocycles. The molecule has 1 N–H and O–H groups in total. The van der Waals surface area contributed by atoms with Gasteiger partial charge in [0.1, 0.15) is 6.26 Å². The fourth-order valence-electron chi connectivity index (χ4n) is 2.94. The molecule has 1 aromatic rings. The fourth-order valence-corrected chi connectivity index (χ4v) is 2.94. The van der Waals surface area contributed by atoms with Gasteiger partial charge >= 0.3 is 0 Å². The van der Waals surface area contributed by atoms with Gasteiger partial charge in [-0.2, -0.15) is 0 Å². The average Bonchev–Trinajstić information content (AvgIpc) is 3.11. The van der Waals surface area contributed by atoms with Crippen LogP contribution in [0.4, 0.5) is 0 Å². The lowest BCUT2D eigenvalue weighted by atomic mass is 9.84. The van der Waals surface area contributed by atoms with Crippen molar-refractivity contribution >= 4 is 11.8 Å². The summed E-state index contributed by atoms with van der Waals surface area (Å²) in [6.45, 7) is 7.84. The number of nitrogens with one attached hydrogen (secondary N) is 1. The van der Waals surface area contributed by atoms with Crippen LogP contribution in [0.1, 0.15) is 62.3 Å². The number of hydrogen-bond acceptors (Lipinski definition) is 6. The van der Waals surface area contributed by atoms with Gasteiger partial charge < -0.3 is 24.1 Å². The van der Waals surface area contributed by atoms with Crippen molar-refractivity contribution in [3.63, 3.8) is 0 Å². The van der Waals surface area contributed by atoms with Gasteiger partial charge in [-0.3, -0.25) is 9.59 Å². The normalized spacial score (nSPS) is 13.9. The zero-order valence-corrected chi connectivity index (χ0v) is 17.1. The van der Waals surface area contributed by atoms with Crippen molar-refractivity contribution in [3.05, 3.63) is 17.8 Å². The minimum absolute atomic E-state index is 0.107. The van der Waals surface area contributed by atoms with E-state index in [1.54, 1.807) is 4.90 Å². The molecule has 1 saturated carbocycles. The molecule has 1 aliphatic carbocycles. The maximum atomic E-state index is 12.7. The standard InChI is InChI=1S/C20H33N3O5/c1-3-26-12-6-10-21-19(24)17-15-28-18(22-17)14-23(11-7-13-27-4-2)20(25)16-8-5-9-16/h15-16H,3-14H2,1-2H3,(H,21,24). The monoisotopic (exact) mass is 395 g/mol. The van der Waals surface area contributed by atoms with Crippen LogP contribution in [0.5, 0.6) is 0 Å². The summed E-state index contributed by atoms with van der Waals surface area (Å²) in [5.41, 5.74) is 0.233. The second-order valence-corrected chi connectivity index (χ2v) is 6.87. The maximum absolute atomic E-state index is 12.7. The Morgan fingerprint density at radius 2 is 1.93 bits per heavy atom. The van der Waals surface area contributed by atoms with Crippen LogP contribution in [0.2, 0.25) is 0 Å². The van der Waals surface area contributed by atoms with Gasteiger partial charge in [0.05, 0.1) is 6.54 Å². The molecule has 1 fully saturated rings. The van der Waals surface area contributed by atoms with E-state index in [2.05, 4.69) is 10.3 Å². The van der Waals surface area contributed by atoms with E-state index >= 15 is 0 Å². The third-order valence-electron chi connectivity index (χ3n) is 4.75. The highest BCUT2D eigenvalue weighted by molar-refractivity contribution is 5.91. The van der Waals surface area contributed by atoms with Crippen LogP contribution in [0.3, 0.4) is 0 Å². The molecule has 2 amide bonds. The molecule has 0 aromatic carbocycles. The summed E-state index contributed by atoms with van der Waals surface area (Å²) in [6.07, 6.45) is 5.85. The number of nitrogens with zero attached hydrogens (tertiary/aromatic N) is 2. The van der Waals surface area contributed by atoms with Crippen molar-refractivity contribution in [1.29, 1.82) is 0 Å². The lowest BCUT2D eigenvalue weighted by Crippen LogP contribution is -2.39. The molecule has 1 heterocycles. The maximum Gasteiger partial charge on any atom is 0.273 e. The topological polar surface area (TPSA) is 93.9 Å². The van der Waals surface area contributed by atoms with Crippen molar-refractivity contribution in [2.24, 2.45) is 5.92 Å². The number of carbonyl (C=O) groups is 2. The molecule has 0 atom stereocenters. The molecule has 0 bridgehead atoms. The molecule has 0 unspecified atom stereocenters. The second-order valence-electron chi connectivity index (χ2n) is 6.87. The number of amides is 2. The van der Waals surface area contributed by atoms with Crippen LogP contribution in [0.25, 0.3) is 0 Å². The van der Waals surface area contributed by atoms with Gasteiger partial charge in [-0.15, -0.1) is 0 Å². The molecule has 158 valence electrons. The van der Waals surface area contributed by atoms with E-state index in [9.17, 15) is 9.59 Å². The Balaban J connectivity index is 1.85. The number of aromatic nitrogens is 1. The first-order valence-corrected chi connectivity index (χ1v) is 10.3. The minimum Gasteiger partial charge on any atom is -0.446 e. The number of carbonyl (C=O) groups excluding carboxylic acids is 2. The van der Waals surface area contributed by atoms with Crippen LogP contribution in [0.15, 0.2) is 10.7 Å².